The highest BCUT2D eigenvalue weighted by Crippen LogP contribution is 2.36. The van der Waals surface area contributed by atoms with Crippen LogP contribution in [0.3, 0.4) is 0 Å². The molecule has 1 aliphatic rings. The van der Waals surface area contributed by atoms with E-state index in [-0.39, 0.29) is 18.6 Å². The molecule has 0 radical (unpaired) electrons. The first-order valence-electron chi connectivity index (χ1n) is 11.6. The fourth-order valence-electron chi connectivity index (χ4n) is 4.85. The van der Waals surface area contributed by atoms with Gasteiger partial charge in [-0.3, -0.25) is 14.6 Å². The molecule has 1 amide bonds. The third-order valence-electron chi connectivity index (χ3n) is 6.52. The number of rotatable bonds is 6. The summed E-state index contributed by atoms with van der Waals surface area (Å²) in [4.78, 5) is 32.1. The number of Topliss-reactive ketones (excluding diaryl/α,β-unsaturated/α-hetero) is 1. The lowest BCUT2D eigenvalue weighted by Crippen LogP contribution is -2.37. The highest BCUT2D eigenvalue weighted by Gasteiger charge is 2.47. The number of likely N-dealkylation sites (tertiary alicyclic amines) is 1. The van der Waals surface area contributed by atoms with E-state index in [1.807, 2.05) is 54.6 Å². The molecule has 1 aliphatic heterocycles. The summed E-state index contributed by atoms with van der Waals surface area (Å²) >= 11 is 0. The zero-order chi connectivity index (χ0) is 24.4. The van der Waals surface area contributed by atoms with Crippen molar-refractivity contribution < 1.29 is 18.4 Å². The average Bonchev–Trinajstić information content (AvgIpc) is 3.21. The minimum Gasteiger partial charge on any atom is -0.329 e. The summed E-state index contributed by atoms with van der Waals surface area (Å²) in [5, 5.41) is 0.847. The largest absolute Gasteiger partial charge is 0.329 e. The van der Waals surface area contributed by atoms with Crippen molar-refractivity contribution in [2.75, 3.05) is 6.54 Å². The maximum absolute atomic E-state index is 14.5. The molecule has 1 aromatic heterocycles. The number of carbonyl (C=O) groups is 2. The number of para-hydroxylation sites is 1. The molecule has 5 rings (SSSR count). The second-order valence-corrected chi connectivity index (χ2v) is 8.90. The van der Waals surface area contributed by atoms with Gasteiger partial charge in [0.1, 0.15) is 0 Å². The van der Waals surface area contributed by atoms with Crippen LogP contribution in [0.15, 0.2) is 91.1 Å². The molecule has 6 heteroatoms. The lowest BCUT2D eigenvalue weighted by Gasteiger charge is -2.25. The van der Waals surface area contributed by atoms with Crippen LogP contribution >= 0.6 is 0 Å². The number of benzene rings is 3. The van der Waals surface area contributed by atoms with Gasteiger partial charge in [-0.15, -0.1) is 0 Å². The van der Waals surface area contributed by atoms with Crippen molar-refractivity contribution in [3.05, 3.63) is 102 Å². The Morgan fingerprint density at radius 2 is 1.60 bits per heavy atom. The predicted molar refractivity (Wildman–Crippen MR) is 132 cm³/mol. The van der Waals surface area contributed by atoms with Crippen molar-refractivity contribution >= 4 is 22.6 Å². The van der Waals surface area contributed by atoms with Gasteiger partial charge in [-0.2, -0.15) is 0 Å². The molecule has 0 aliphatic carbocycles. The second-order valence-electron chi connectivity index (χ2n) is 8.90. The van der Waals surface area contributed by atoms with Crippen LogP contribution in [0.5, 0.6) is 0 Å². The van der Waals surface area contributed by atoms with E-state index in [0.29, 0.717) is 22.2 Å². The number of halogens is 2. The van der Waals surface area contributed by atoms with E-state index in [9.17, 15) is 18.4 Å². The molecule has 1 fully saturated rings. The Balaban J connectivity index is 1.38. The molecule has 0 unspecified atom stereocenters. The Labute approximate surface area is 202 Å². The van der Waals surface area contributed by atoms with Crippen molar-refractivity contribution in [3.63, 3.8) is 0 Å². The topological polar surface area (TPSA) is 50.3 Å². The predicted octanol–water partition coefficient (Wildman–Crippen LogP) is 6.41. The van der Waals surface area contributed by atoms with Crippen LogP contribution in [0.1, 0.15) is 40.0 Å². The van der Waals surface area contributed by atoms with Gasteiger partial charge in [0.05, 0.1) is 12.1 Å². The van der Waals surface area contributed by atoms with E-state index < -0.39 is 30.8 Å². The summed E-state index contributed by atoms with van der Waals surface area (Å²) < 4.78 is 29.0. The van der Waals surface area contributed by atoms with Gasteiger partial charge in [-0.1, -0.05) is 66.7 Å². The van der Waals surface area contributed by atoms with E-state index in [1.54, 1.807) is 36.5 Å². The minimum absolute atomic E-state index is 0.0561. The van der Waals surface area contributed by atoms with E-state index in [4.69, 9.17) is 0 Å². The number of nitrogens with zero attached hydrogens (tertiary/aromatic N) is 2. The Hall–Kier alpha value is -3.93. The van der Waals surface area contributed by atoms with E-state index >= 15 is 0 Å². The number of ketones is 1. The van der Waals surface area contributed by atoms with E-state index in [0.717, 1.165) is 10.9 Å². The molecular formula is C29H24F2N2O2. The van der Waals surface area contributed by atoms with Gasteiger partial charge in [-0.25, -0.2) is 8.78 Å². The first-order chi connectivity index (χ1) is 16.9. The highest BCUT2D eigenvalue weighted by molar-refractivity contribution is 6.06. The van der Waals surface area contributed by atoms with Crippen molar-refractivity contribution in [1.29, 1.82) is 0 Å². The molecule has 0 spiro atoms. The normalized spacial score (nSPS) is 17.0. The summed E-state index contributed by atoms with van der Waals surface area (Å²) in [6.07, 6.45) is 1.39. The second kappa shape index (κ2) is 9.37. The number of aromatic nitrogens is 1. The van der Waals surface area contributed by atoms with Crippen molar-refractivity contribution in [2.45, 2.75) is 31.2 Å². The Bertz CT molecular complexity index is 1380. The Morgan fingerprint density at radius 1 is 0.886 bits per heavy atom. The maximum Gasteiger partial charge on any atom is 0.267 e. The first kappa shape index (κ1) is 22.8. The molecule has 35 heavy (non-hydrogen) atoms. The molecule has 0 bridgehead atoms. The fourth-order valence-corrected chi connectivity index (χ4v) is 4.85. The lowest BCUT2D eigenvalue weighted by atomic mass is 9.97. The number of hydrogen-bond donors (Lipinski definition) is 0. The van der Waals surface area contributed by atoms with Crippen LogP contribution in [0.4, 0.5) is 8.78 Å². The van der Waals surface area contributed by atoms with Crippen LogP contribution in [0.25, 0.3) is 22.0 Å². The standard InChI is InChI=1S/C29H24F2N2O2/c30-29(31)18-22(15-16-26(34)25-14-6-10-21-11-7-17-32-27(21)25)33(19-29)28(35)24-13-5-4-12-23(24)20-8-2-1-3-9-20/h1-14,17,22H,15-16,18-19H2/t22-/m1/s1. The van der Waals surface area contributed by atoms with Crippen molar-refractivity contribution in [1.82, 2.24) is 9.88 Å². The molecule has 2 heterocycles. The van der Waals surface area contributed by atoms with Crippen molar-refractivity contribution in [2.24, 2.45) is 0 Å². The maximum atomic E-state index is 14.5. The summed E-state index contributed by atoms with van der Waals surface area (Å²) in [5.74, 6) is -3.60. The monoisotopic (exact) mass is 470 g/mol. The minimum atomic E-state index is -2.99. The van der Waals surface area contributed by atoms with Crippen LogP contribution in [-0.2, 0) is 0 Å². The fraction of sp³-hybridized carbons (Fsp3) is 0.207. The van der Waals surface area contributed by atoms with Crippen LogP contribution < -0.4 is 0 Å². The number of alkyl halides is 2. The van der Waals surface area contributed by atoms with Gasteiger partial charge >= 0.3 is 0 Å². The van der Waals surface area contributed by atoms with Crippen LogP contribution in [0, 0.1) is 0 Å². The molecule has 4 aromatic rings. The van der Waals surface area contributed by atoms with E-state index in [2.05, 4.69) is 4.98 Å². The third-order valence-corrected chi connectivity index (χ3v) is 6.52. The molecular weight excluding hydrogens is 446 g/mol. The molecule has 1 atom stereocenters. The van der Waals surface area contributed by atoms with Gasteiger partial charge < -0.3 is 4.90 Å². The SMILES string of the molecule is O=C(CC[C@@H]1CC(F)(F)CN1C(=O)c1ccccc1-c1ccccc1)c1cccc2cccnc12. The highest BCUT2D eigenvalue weighted by atomic mass is 19.3. The first-order valence-corrected chi connectivity index (χ1v) is 11.6. The Kier molecular flexibility index (Phi) is 6.12. The molecule has 3 aromatic carbocycles. The molecule has 0 N–H and O–H groups in total. The van der Waals surface area contributed by atoms with Gasteiger partial charge in [-0.05, 0) is 35.7 Å². The zero-order valence-electron chi connectivity index (χ0n) is 19.0. The Morgan fingerprint density at radius 3 is 2.43 bits per heavy atom. The lowest BCUT2D eigenvalue weighted by molar-refractivity contribution is 0.0117. The van der Waals surface area contributed by atoms with Gasteiger partial charge in [0.2, 0.25) is 0 Å². The molecule has 0 saturated carbocycles. The van der Waals surface area contributed by atoms with Gasteiger partial charge in [0.15, 0.2) is 5.78 Å². The van der Waals surface area contributed by atoms with Crippen molar-refractivity contribution in [3.8, 4) is 11.1 Å². The molecule has 176 valence electrons. The number of amides is 1. The summed E-state index contributed by atoms with van der Waals surface area (Å²) in [6.45, 7) is -0.649. The van der Waals surface area contributed by atoms with E-state index in [1.165, 1.54) is 4.90 Å². The average molecular weight is 471 g/mol. The molecule has 4 nitrogen and oxygen atoms in total. The smallest absolute Gasteiger partial charge is 0.267 e. The zero-order valence-corrected chi connectivity index (χ0v) is 19.0. The number of fused-ring (bicyclic) bond motifs is 1. The number of carbonyl (C=O) groups excluding carboxylic acids is 2. The van der Waals surface area contributed by atoms with Crippen LogP contribution in [0.2, 0.25) is 0 Å². The summed E-state index contributed by atoms with van der Waals surface area (Å²) in [5.41, 5.74) is 3.00. The number of pyridine rings is 1. The number of hydrogen-bond acceptors (Lipinski definition) is 3. The quantitative estimate of drug-likeness (QED) is 0.306. The third kappa shape index (κ3) is 4.69. The van der Waals surface area contributed by atoms with Gasteiger partial charge in [0, 0.05) is 41.6 Å². The molecule has 1 saturated heterocycles. The van der Waals surface area contributed by atoms with Gasteiger partial charge in [0.25, 0.3) is 11.8 Å². The summed E-state index contributed by atoms with van der Waals surface area (Å²) in [6, 6.07) is 24.8. The summed E-state index contributed by atoms with van der Waals surface area (Å²) in [7, 11) is 0. The van der Waals surface area contributed by atoms with Crippen LogP contribution in [-0.4, -0.2) is 40.1 Å².